The second kappa shape index (κ2) is 8.41. The van der Waals surface area contributed by atoms with E-state index < -0.39 is 34.4 Å². The number of ketones is 1. The highest BCUT2D eigenvalue weighted by Crippen LogP contribution is 2.20. The lowest BCUT2D eigenvalue weighted by Gasteiger charge is -2.28. The van der Waals surface area contributed by atoms with Crippen LogP contribution in [0.15, 0.2) is 24.3 Å². The van der Waals surface area contributed by atoms with Gasteiger partial charge in [-0.05, 0) is 31.9 Å². The van der Waals surface area contributed by atoms with Crippen molar-refractivity contribution in [2.45, 2.75) is 19.8 Å². The molecule has 0 aromatic heterocycles. The summed E-state index contributed by atoms with van der Waals surface area (Å²) in [6.07, 6.45) is 1.86. The number of sulfonamides is 1. The number of benzene rings is 1. The van der Waals surface area contributed by atoms with Crippen LogP contribution in [0.2, 0.25) is 0 Å². The summed E-state index contributed by atoms with van der Waals surface area (Å²) < 4.78 is 29.3. The SMILES string of the molecule is CC(=O)c1ccccc1NC(=O)COC(=O)C1CCN(S(C)(=O)=O)CC1. The van der Waals surface area contributed by atoms with Crippen LogP contribution in [-0.4, -0.2) is 56.3 Å². The molecule has 26 heavy (non-hydrogen) atoms. The summed E-state index contributed by atoms with van der Waals surface area (Å²) in [6, 6.07) is 6.57. The van der Waals surface area contributed by atoms with Crippen molar-refractivity contribution in [3.8, 4) is 0 Å². The number of anilines is 1. The Morgan fingerprint density at radius 1 is 1.19 bits per heavy atom. The summed E-state index contributed by atoms with van der Waals surface area (Å²) in [7, 11) is -3.26. The second-order valence-corrected chi connectivity index (χ2v) is 8.18. The molecule has 9 heteroatoms. The maximum absolute atomic E-state index is 12.1. The van der Waals surface area contributed by atoms with E-state index in [1.807, 2.05) is 0 Å². The van der Waals surface area contributed by atoms with Gasteiger partial charge in [-0.25, -0.2) is 12.7 Å². The monoisotopic (exact) mass is 382 g/mol. The molecule has 1 aliphatic rings. The molecule has 0 spiro atoms. The van der Waals surface area contributed by atoms with Crippen LogP contribution in [0.4, 0.5) is 5.69 Å². The van der Waals surface area contributed by atoms with Crippen LogP contribution in [0.25, 0.3) is 0 Å². The molecular formula is C17H22N2O6S. The first-order valence-corrected chi connectivity index (χ1v) is 10.0. The molecular weight excluding hydrogens is 360 g/mol. The summed E-state index contributed by atoms with van der Waals surface area (Å²) in [6.45, 7) is 1.46. The molecule has 0 unspecified atom stereocenters. The number of carbonyl (C=O) groups is 3. The van der Waals surface area contributed by atoms with Crippen molar-refractivity contribution in [2.75, 3.05) is 31.3 Å². The molecule has 0 radical (unpaired) electrons. The first-order valence-electron chi connectivity index (χ1n) is 8.20. The molecule has 142 valence electrons. The Hall–Kier alpha value is -2.26. The lowest BCUT2D eigenvalue weighted by molar-refractivity contribution is -0.152. The van der Waals surface area contributed by atoms with Gasteiger partial charge in [0.15, 0.2) is 12.4 Å². The van der Waals surface area contributed by atoms with Gasteiger partial charge in [0.1, 0.15) is 0 Å². The first kappa shape index (κ1) is 20.1. The van der Waals surface area contributed by atoms with E-state index in [-0.39, 0.29) is 18.9 Å². The van der Waals surface area contributed by atoms with Crippen molar-refractivity contribution < 1.29 is 27.5 Å². The fraction of sp³-hybridized carbons (Fsp3) is 0.471. The van der Waals surface area contributed by atoms with Crippen molar-refractivity contribution in [1.29, 1.82) is 0 Å². The molecule has 1 aromatic carbocycles. The number of Topliss-reactive ketones (excluding diaryl/α,β-unsaturated/α-hetero) is 1. The molecule has 1 N–H and O–H groups in total. The summed E-state index contributed by atoms with van der Waals surface area (Å²) in [5.41, 5.74) is 0.739. The summed E-state index contributed by atoms with van der Waals surface area (Å²) in [5, 5.41) is 2.55. The van der Waals surface area contributed by atoms with Crippen molar-refractivity contribution in [1.82, 2.24) is 4.31 Å². The van der Waals surface area contributed by atoms with Gasteiger partial charge >= 0.3 is 5.97 Å². The van der Waals surface area contributed by atoms with Crippen molar-refractivity contribution in [2.24, 2.45) is 5.92 Å². The van der Waals surface area contributed by atoms with Gasteiger partial charge in [-0.15, -0.1) is 0 Å². The minimum absolute atomic E-state index is 0.185. The second-order valence-electron chi connectivity index (χ2n) is 6.19. The lowest BCUT2D eigenvalue weighted by atomic mass is 9.98. The van der Waals surface area contributed by atoms with Gasteiger partial charge < -0.3 is 10.1 Å². The van der Waals surface area contributed by atoms with E-state index in [2.05, 4.69) is 5.32 Å². The molecule has 2 rings (SSSR count). The highest BCUT2D eigenvalue weighted by atomic mass is 32.2. The molecule has 0 aliphatic carbocycles. The van der Waals surface area contributed by atoms with Gasteiger partial charge in [-0.1, -0.05) is 12.1 Å². The maximum Gasteiger partial charge on any atom is 0.309 e. The predicted octanol–water partition coefficient (Wildman–Crippen LogP) is 1.04. The molecule has 0 saturated carbocycles. The Bertz CT molecular complexity index is 797. The molecule has 0 bridgehead atoms. The third kappa shape index (κ3) is 5.37. The number of ether oxygens (including phenoxy) is 1. The summed E-state index contributed by atoms with van der Waals surface area (Å²) >= 11 is 0. The summed E-state index contributed by atoms with van der Waals surface area (Å²) in [4.78, 5) is 35.6. The Balaban J connectivity index is 1.83. The number of rotatable bonds is 6. The van der Waals surface area contributed by atoms with E-state index in [1.165, 1.54) is 11.2 Å². The van der Waals surface area contributed by atoms with Crippen molar-refractivity contribution >= 4 is 33.4 Å². The number of nitrogens with one attached hydrogen (secondary N) is 1. The van der Waals surface area contributed by atoms with E-state index in [1.54, 1.807) is 24.3 Å². The molecule has 1 heterocycles. The summed E-state index contributed by atoms with van der Waals surface area (Å²) in [5.74, 6) is -1.67. The number of hydrogen-bond acceptors (Lipinski definition) is 6. The van der Waals surface area contributed by atoms with Crippen molar-refractivity contribution in [3.63, 3.8) is 0 Å². The zero-order valence-electron chi connectivity index (χ0n) is 14.7. The van der Waals surface area contributed by atoms with E-state index >= 15 is 0 Å². The third-order valence-electron chi connectivity index (χ3n) is 4.18. The van der Waals surface area contributed by atoms with Crippen LogP contribution in [0, 0.1) is 5.92 Å². The molecule has 1 fully saturated rings. The number of amides is 1. The Kier molecular flexibility index (Phi) is 6.49. The number of piperidine rings is 1. The molecule has 1 aromatic rings. The average Bonchev–Trinajstić information content (AvgIpc) is 2.59. The zero-order chi connectivity index (χ0) is 19.3. The topological polar surface area (TPSA) is 110 Å². The van der Waals surface area contributed by atoms with Crippen LogP contribution in [0.3, 0.4) is 0 Å². The van der Waals surface area contributed by atoms with Gasteiger partial charge in [0.25, 0.3) is 5.91 Å². The number of para-hydroxylation sites is 1. The molecule has 8 nitrogen and oxygen atoms in total. The van der Waals surface area contributed by atoms with Gasteiger partial charge in [0, 0.05) is 18.7 Å². The Morgan fingerprint density at radius 3 is 2.38 bits per heavy atom. The van der Waals surface area contributed by atoms with Crippen LogP contribution >= 0.6 is 0 Å². The highest BCUT2D eigenvalue weighted by Gasteiger charge is 2.30. The average molecular weight is 382 g/mol. The van der Waals surface area contributed by atoms with Crippen LogP contribution in [-0.2, 0) is 24.3 Å². The molecule has 1 aliphatic heterocycles. The third-order valence-corrected chi connectivity index (χ3v) is 5.49. The van der Waals surface area contributed by atoms with E-state index in [0.29, 0.717) is 24.1 Å². The van der Waals surface area contributed by atoms with E-state index in [0.717, 1.165) is 6.26 Å². The number of esters is 1. The van der Waals surface area contributed by atoms with Gasteiger partial charge in [0.2, 0.25) is 10.0 Å². The maximum atomic E-state index is 12.1. The van der Waals surface area contributed by atoms with Crippen LogP contribution in [0.5, 0.6) is 0 Å². The zero-order valence-corrected chi connectivity index (χ0v) is 15.5. The van der Waals surface area contributed by atoms with Gasteiger partial charge in [0.05, 0.1) is 17.9 Å². The van der Waals surface area contributed by atoms with E-state index in [4.69, 9.17) is 4.74 Å². The molecule has 0 atom stereocenters. The normalized spacial score (nSPS) is 16.1. The number of nitrogens with zero attached hydrogens (tertiary/aromatic N) is 1. The predicted molar refractivity (Wildman–Crippen MR) is 95.2 cm³/mol. The number of hydrogen-bond donors (Lipinski definition) is 1. The van der Waals surface area contributed by atoms with E-state index in [9.17, 15) is 22.8 Å². The standard InChI is InChI=1S/C17H22N2O6S/c1-12(20)14-5-3-4-6-15(14)18-16(21)11-25-17(22)13-7-9-19(10-8-13)26(2,23)24/h3-6,13H,7-11H2,1-2H3,(H,18,21). The fourth-order valence-corrected chi connectivity index (χ4v) is 3.64. The fourth-order valence-electron chi connectivity index (χ4n) is 2.76. The molecule has 1 saturated heterocycles. The van der Waals surface area contributed by atoms with Crippen molar-refractivity contribution in [3.05, 3.63) is 29.8 Å². The van der Waals surface area contributed by atoms with Crippen LogP contribution in [0.1, 0.15) is 30.1 Å². The van der Waals surface area contributed by atoms with Gasteiger partial charge in [-0.3, -0.25) is 14.4 Å². The van der Waals surface area contributed by atoms with Crippen LogP contribution < -0.4 is 5.32 Å². The first-order chi connectivity index (χ1) is 12.2. The minimum Gasteiger partial charge on any atom is -0.455 e. The van der Waals surface area contributed by atoms with Gasteiger partial charge in [-0.2, -0.15) is 0 Å². The Labute approximate surface area is 152 Å². The number of carbonyl (C=O) groups excluding carboxylic acids is 3. The molecule has 1 amide bonds. The lowest BCUT2D eigenvalue weighted by Crippen LogP contribution is -2.40. The largest absolute Gasteiger partial charge is 0.455 e. The Morgan fingerprint density at radius 2 is 1.81 bits per heavy atom. The smallest absolute Gasteiger partial charge is 0.309 e. The quantitative estimate of drug-likeness (QED) is 0.581. The minimum atomic E-state index is -3.26. The highest BCUT2D eigenvalue weighted by molar-refractivity contribution is 7.88.